The molecule has 3 rings (SSSR count). The Labute approximate surface area is 151 Å². The summed E-state index contributed by atoms with van der Waals surface area (Å²) in [5.74, 6) is 0.197. The van der Waals surface area contributed by atoms with Crippen LogP contribution in [0.3, 0.4) is 0 Å². The highest BCUT2D eigenvalue weighted by molar-refractivity contribution is 6.05. The Morgan fingerprint density at radius 2 is 2.15 bits per heavy atom. The van der Waals surface area contributed by atoms with Crippen LogP contribution in [0.5, 0.6) is 0 Å². The van der Waals surface area contributed by atoms with Gasteiger partial charge in [-0.2, -0.15) is 0 Å². The van der Waals surface area contributed by atoms with Gasteiger partial charge >= 0.3 is 6.03 Å². The van der Waals surface area contributed by atoms with Crippen molar-refractivity contribution in [3.05, 3.63) is 29.6 Å². The third kappa shape index (κ3) is 3.68. The summed E-state index contributed by atoms with van der Waals surface area (Å²) in [6, 6.07) is 4.74. The van der Waals surface area contributed by atoms with Gasteiger partial charge in [0.25, 0.3) is 5.91 Å². The van der Waals surface area contributed by atoms with Gasteiger partial charge in [-0.15, -0.1) is 0 Å². The molecular weight excluding hydrogens is 334 g/mol. The average Bonchev–Trinajstić information content (AvgIpc) is 3.12. The fourth-order valence-electron chi connectivity index (χ4n) is 3.07. The number of carbonyl (C=O) groups is 3. The number of nitrogens with one attached hydrogen (secondary N) is 3. The van der Waals surface area contributed by atoms with Gasteiger partial charge < -0.3 is 15.6 Å². The molecule has 8 heteroatoms. The summed E-state index contributed by atoms with van der Waals surface area (Å²) in [7, 11) is 0. The molecule has 8 nitrogen and oxygen atoms in total. The third-order valence-corrected chi connectivity index (χ3v) is 4.39. The molecule has 1 aliphatic heterocycles. The molecule has 138 valence electrons. The maximum absolute atomic E-state index is 12.1. The molecule has 1 saturated heterocycles. The Morgan fingerprint density at radius 3 is 2.88 bits per heavy atom. The Morgan fingerprint density at radius 1 is 1.35 bits per heavy atom. The zero-order valence-corrected chi connectivity index (χ0v) is 15.0. The topological polar surface area (TPSA) is 107 Å². The van der Waals surface area contributed by atoms with Gasteiger partial charge in [0, 0.05) is 19.5 Å². The molecule has 0 unspecified atom stereocenters. The summed E-state index contributed by atoms with van der Waals surface area (Å²) >= 11 is 0. The van der Waals surface area contributed by atoms with Gasteiger partial charge in [0.05, 0.1) is 17.5 Å². The van der Waals surface area contributed by atoms with Gasteiger partial charge in [-0.05, 0) is 25.0 Å². The SMILES string of the molecule is CCCN1C(=O)N[C@@H](CC(=O)NCCc2nc3c(C)cccc3[nH]2)C1=O. The predicted octanol–water partition coefficient (Wildman–Crippen LogP) is 1.25. The second-order valence-electron chi connectivity index (χ2n) is 6.45. The van der Waals surface area contributed by atoms with E-state index in [1.165, 1.54) is 0 Å². The van der Waals surface area contributed by atoms with Crippen molar-refractivity contribution in [1.82, 2.24) is 25.5 Å². The van der Waals surface area contributed by atoms with Crippen molar-refractivity contribution in [2.45, 2.75) is 39.2 Å². The average molecular weight is 357 g/mol. The van der Waals surface area contributed by atoms with Gasteiger partial charge in [-0.25, -0.2) is 9.78 Å². The summed E-state index contributed by atoms with van der Waals surface area (Å²) in [6.07, 6.45) is 1.20. The number of nitrogens with zero attached hydrogens (tertiary/aromatic N) is 2. The number of aryl methyl sites for hydroxylation is 1. The Kier molecular flexibility index (Phi) is 5.20. The van der Waals surface area contributed by atoms with E-state index in [9.17, 15) is 14.4 Å². The second-order valence-corrected chi connectivity index (χ2v) is 6.45. The number of hydrogen-bond donors (Lipinski definition) is 3. The number of hydrogen-bond acceptors (Lipinski definition) is 4. The Hall–Kier alpha value is -2.90. The fraction of sp³-hybridized carbons (Fsp3) is 0.444. The van der Waals surface area contributed by atoms with Crippen molar-refractivity contribution < 1.29 is 14.4 Å². The molecule has 1 atom stereocenters. The lowest BCUT2D eigenvalue weighted by Crippen LogP contribution is -2.37. The molecule has 3 N–H and O–H groups in total. The number of aromatic nitrogens is 2. The van der Waals surface area contributed by atoms with Crippen LogP contribution < -0.4 is 10.6 Å². The largest absolute Gasteiger partial charge is 0.356 e. The van der Waals surface area contributed by atoms with E-state index in [0.29, 0.717) is 25.9 Å². The number of imide groups is 1. The van der Waals surface area contributed by atoms with Crippen molar-refractivity contribution in [2.75, 3.05) is 13.1 Å². The number of fused-ring (bicyclic) bond motifs is 1. The zero-order valence-electron chi connectivity index (χ0n) is 15.0. The molecule has 2 aromatic rings. The van der Waals surface area contributed by atoms with Gasteiger partial charge in [-0.3, -0.25) is 14.5 Å². The summed E-state index contributed by atoms with van der Waals surface area (Å²) in [4.78, 5) is 44.8. The molecule has 0 radical (unpaired) electrons. The maximum atomic E-state index is 12.1. The van der Waals surface area contributed by atoms with Crippen LogP contribution in [0.4, 0.5) is 4.79 Å². The number of rotatable bonds is 7. The number of benzene rings is 1. The molecule has 1 fully saturated rings. The number of amides is 4. The standard InChI is InChI=1S/C18H23N5O3/c1-3-9-23-17(25)13(21-18(23)26)10-15(24)19-8-7-14-20-12-6-4-5-11(2)16(12)22-14/h4-6,13H,3,7-10H2,1-2H3,(H,19,24)(H,20,22)(H,21,26)/t13-/m0/s1. The molecular formula is C18H23N5O3. The van der Waals surface area contributed by atoms with Crippen molar-refractivity contribution >= 4 is 28.9 Å². The zero-order chi connectivity index (χ0) is 18.7. The monoisotopic (exact) mass is 357 g/mol. The first-order valence-electron chi connectivity index (χ1n) is 8.82. The molecule has 1 aromatic carbocycles. The van der Waals surface area contributed by atoms with E-state index < -0.39 is 12.1 Å². The van der Waals surface area contributed by atoms with E-state index in [1.807, 2.05) is 32.0 Å². The number of urea groups is 1. The molecule has 1 aromatic heterocycles. The predicted molar refractivity (Wildman–Crippen MR) is 96.5 cm³/mol. The molecule has 2 heterocycles. The molecule has 1 aliphatic rings. The number of H-pyrrole nitrogens is 1. The highest BCUT2D eigenvalue weighted by Crippen LogP contribution is 2.15. The van der Waals surface area contributed by atoms with Crippen LogP contribution in [0.2, 0.25) is 0 Å². The minimum Gasteiger partial charge on any atom is -0.356 e. The molecule has 0 aliphatic carbocycles. The van der Waals surface area contributed by atoms with Crippen LogP contribution in [0.15, 0.2) is 18.2 Å². The van der Waals surface area contributed by atoms with Gasteiger partial charge in [0.1, 0.15) is 11.9 Å². The smallest absolute Gasteiger partial charge is 0.324 e. The third-order valence-electron chi connectivity index (χ3n) is 4.39. The van der Waals surface area contributed by atoms with Crippen LogP contribution >= 0.6 is 0 Å². The minimum absolute atomic E-state index is 0.0516. The Balaban J connectivity index is 1.49. The molecule has 0 spiro atoms. The number of aromatic amines is 1. The number of para-hydroxylation sites is 1. The lowest BCUT2D eigenvalue weighted by Gasteiger charge is -2.11. The molecule has 0 bridgehead atoms. The van der Waals surface area contributed by atoms with E-state index in [1.54, 1.807) is 0 Å². The van der Waals surface area contributed by atoms with Crippen LogP contribution in [0.25, 0.3) is 11.0 Å². The van der Waals surface area contributed by atoms with Crippen molar-refractivity contribution in [2.24, 2.45) is 0 Å². The van der Waals surface area contributed by atoms with E-state index in [0.717, 1.165) is 27.3 Å². The van der Waals surface area contributed by atoms with E-state index in [4.69, 9.17) is 0 Å². The first kappa shape index (κ1) is 17.9. The van der Waals surface area contributed by atoms with E-state index in [2.05, 4.69) is 20.6 Å². The van der Waals surface area contributed by atoms with Gasteiger partial charge in [0.15, 0.2) is 0 Å². The lowest BCUT2D eigenvalue weighted by molar-refractivity contribution is -0.130. The fourth-order valence-corrected chi connectivity index (χ4v) is 3.07. The van der Waals surface area contributed by atoms with Crippen LogP contribution in [0.1, 0.15) is 31.2 Å². The van der Waals surface area contributed by atoms with Crippen molar-refractivity contribution in [1.29, 1.82) is 0 Å². The number of carbonyl (C=O) groups excluding carboxylic acids is 3. The van der Waals surface area contributed by atoms with Crippen LogP contribution in [-0.2, 0) is 16.0 Å². The van der Waals surface area contributed by atoms with Crippen LogP contribution in [-0.4, -0.2) is 51.8 Å². The van der Waals surface area contributed by atoms with Crippen LogP contribution in [0, 0.1) is 6.92 Å². The summed E-state index contributed by atoms with van der Waals surface area (Å²) in [5, 5.41) is 5.34. The van der Waals surface area contributed by atoms with E-state index >= 15 is 0 Å². The summed E-state index contributed by atoms with van der Waals surface area (Å²) in [6.45, 7) is 4.67. The normalized spacial score (nSPS) is 17.0. The minimum atomic E-state index is -0.775. The summed E-state index contributed by atoms with van der Waals surface area (Å²) < 4.78 is 0. The first-order valence-corrected chi connectivity index (χ1v) is 8.82. The quantitative estimate of drug-likeness (QED) is 0.648. The highest BCUT2D eigenvalue weighted by Gasteiger charge is 2.38. The Bertz CT molecular complexity index is 844. The molecule has 4 amide bonds. The highest BCUT2D eigenvalue weighted by atomic mass is 16.2. The second kappa shape index (κ2) is 7.55. The lowest BCUT2D eigenvalue weighted by atomic mass is 10.2. The van der Waals surface area contributed by atoms with Crippen molar-refractivity contribution in [3.8, 4) is 0 Å². The molecule has 26 heavy (non-hydrogen) atoms. The summed E-state index contributed by atoms with van der Waals surface area (Å²) in [5.41, 5.74) is 3.01. The first-order chi connectivity index (χ1) is 12.5. The number of imidazole rings is 1. The van der Waals surface area contributed by atoms with Gasteiger partial charge in [0.2, 0.25) is 5.91 Å². The van der Waals surface area contributed by atoms with Crippen molar-refractivity contribution in [3.63, 3.8) is 0 Å². The molecule has 0 saturated carbocycles. The van der Waals surface area contributed by atoms with Gasteiger partial charge in [-0.1, -0.05) is 19.1 Å². The maximum Gasteiger partial charge on any atom is 0.324 e. The van der Waals surface area contributed by atoms with E-state index in [-0.39, 0.29) is 18.2 Å².